The molecule has 0 bridgehead atoms. The number of carbonyl (C=O) groups is 1. The van der Waals surface area contributed by atoms with Gasteiger partial charge < -0.3 is 19.5 Å². The van der Waals surface area contributed by atoms with Crippen molar-refractivity contribution >= 4 is 11.7 Å². The average molecular weight is 380 g/mol. The summed E-state index contributed by atoms with van der Waals surface area (Å²) in [6.45, 7) is -0.991. The maximum Gasteiger partial charge on any atom is 0.387 e. The van der Waals surface area contributed by atoms with Gasteiger partial charge in [-0.05, 0) is 43.5 Å². The second kappa shape index (κ2) is 8.32. The number of benzene rings is 1. The second-order valence-corrected chi connectivity index (χ2v) is 6.67. The van der Waals surface area contributed by atoms with E-state index in [-0.39, 0.29) is 18.3 Å². The fraction of sp³-hybridized carbons (Fsp3) is 0.500. The van der Waals surface area contributed by atoms with Crippen LogP contribution < -0.4 is 10.1 Å². The van der Waals surface area contributed by atoms with Gasteiger partial charge in [-0.25, -0.2) is 4.79 Å². The predicted molar refractivity (Wildman–Crippen MR) is 93.8 cm³/mol. The van der Waals surface area contributed by atoms with Crippen molar-refractivity contribution in [2.75, 3.05) is 12.4 Å². The summed E-state index contributed by atoms with van der Waals surface area (Å²) in [7, 11) is 1.62. The van der Waals surface area contributed by atoms with Crippen molar-refractivity contribution < 1.29 is 22.8 Å². The molecule has 1 saturated carbocycles. The van der Waals surface area contributed by atoms with Crippen molar-refractivity contribution in [3.05, 3.63) is 35.5 Å². The number of hydrogen-bond acceptors (Lipinski definition) is 5. The molecular formula is C18H22F2N4O3. The first kappa shape index (κ1) is 19.1. The van der Waals surface area contributed by atoms with Crippen LogP contribution in [0.25, 0.3) is 0 Å². The Morgan fingerprint density at radius 3 is 2.81 bits per heavy atom. The van der Waals surface area contributed by atoms with Gasteiger partial charge in [-0.3, -0.25) is 0 Å². The van der Waals surface area contributed by atoms with Gasteiger partial charge in [0.05, 0.1) is 6.54 Å². The van der Waals surface area contributed by atoms with Crippen molar-refractivity contribution in [3.8, 4) is 5.75 Å². The smallest absolute Gasteiger partial charge is 0.387 e. The molecule has 1 aromatic carbocycles. The molecule has 7 nitrogen and oxygen atoms in total. The highest BCUT2D eigenvalue weighted by atomic mass is 19.3. The second-order valence-electron chi connectivity index (χ2n) is 6.67. The number of ether oxygens (including phenoxy) is 1. The Kier molecular flexibility index (Phi) is 5.88. The number of nitrogens with zero attached hydrogens (tertiary/aromatic N) is 3. The summed E-state index contributed by atoms with van der Waals surface area (Å²) in [5.74, 6) is 1.45. The summed E-state index contributed by atoms with van der Waals surface area (Å²) in [5.41, 5.74) is 1.12. The minimum absolute atomic E-state index is 0.0418. The normalized spacial score (nSPS) is 14.6. The third kappa shape index (κ3) is 4.93. The Morgan fingerprint density at radius 2 is 2.15 bits per heavy atom. The van der Waals surface area contributed by atoms with Crippen LogP contribution in [-0.4, -0.2) is 34.7 Å². The van der Waals surface area contributed by atoms with Gasteiger partial charge >= 0.3 is 12.6 Å². The molecule has 9 heteroatoms. The molecule has 0 saturated heterocycles. The highest BCUT2D eigenvalue weighted by Gasteiger charge is 2.23. The first-order chi connectivity index (χ1) is 12.9. The zero-order valence-electron chi connectivity index (χ0n) is 15.2. The summed E-state index contributed by atoms with van der Waals surface area (Å²) in [4.78, 5) is 18.2. The van der Waals surface area contributed by atoms with E-state index >= 15 is 0 Å². The fourth-order valence-electron chi connectivity index (χ4n) is 3.12. The van der Waals surface area contributed by atoms with Crippen LogP contribution in [0.4, 0.5) is 19.3 Å². The molecule has 1 heterocycles. The number of alkyl halides is 2. The average Bonchev–Trinajstić information content (AvgIpc) is 3.28. The van der Waals surface area contributed by atoms with E-state index in [1.54, 1.807) is 14.0 Å². The zero-order chi connectivity index (χ0) is 19.4. The van der Waals surface area contributed by atoms with Crippen LogP contribution in [-0.2, 0) is 6.54 Å². The van der Waals surface area contributed by atoms with E-state index in [1.807, 2.05) is 0 Å². The van der Waals surface area contributed by atoms with Gasteiger partial charge in [0.15, 0.2) is 5.82 Å². The molecule has 0 unspecified atom stereocenters. The lowest BCUT2D eigenvalue weighted by Crippen LogP contribution is -2.31. The molecular weight excluding hydrogens is 358 g/mol. The lowest BCUT2D eigenvalue weighted by atomic mass is 10.1. The number of rotatable bonds is 6. The Bertz CT molecular complexity index is 791. The van der Waals surface area contributed by atoms with Crippen LogP contribution in [0.15, 0.2) is 22.7 Å². The van der Waals surface area contributed by atoms with Crippen molar-refractivity contribution in [1.82, 2.24) is 15.0 Å². The molecule has 2 aromatic rings. The Labute approximate surface area is 155 Å². The van der Waals surface area contributed by atoms with Gasteiger partial charge in [0.25, 0.3) is 0 Å². The SMILES string of the molecule is Cc1cc(OC(F)F)ccc1NC(=O)N(C)Cc1noc(C2CCCC2)n1. The minimum atomic E-state index is -2.89. The van der Waals surface area contributed by atoms with Crippen molar-refractivity contribution in [1.29, 1.82) is 0 Å². The minimum Gasteiger partial charge on any atom is -0.435 e. The molecule has 0 radical (unpaired) electrons. The van der Waals surface area contributed by atoms with Gasteiger partial charge in [-0.1, -0.05) is 18.0 Å². The Morgan fingerprint density at radius 1 is 1.41 bits per heavy atom. The van der Waals surface area contributed by atoms with E-state index in [2.05, 4.69) is 20.2 Å². The van der Waals surface area contributed by atoms with E-state index in [0.29, 0.717) is 28.9 Å². The van der Waals surface area contributed by atoms with Crippen LogP contribution in [0.1, 0.15) is 48.9 Å². The van der Waals surface area contributed by atoms with Crippen LogP contribution in [0, 0.1) is 6.92 Å². The van der Waals surface area contributed by atoms with E-state index in [0.717, 1.165) is 12.8 Å². The molecule has 146 valence electrons. The number of anilines is 1. The topological polar surface area (TPSA) is 80.5 Å². The van der Waals surface area contributed by atoms with Gasteiger partial charge in [-0.2, -0.15) is 13.8 Å². The number of amides is 2. The Hall–Kier alpha value is -2.71. The summed E-state index contributed by atoms with van der Waals surface area (Å²) in [6, 6.07) is 3.97. The van der Waals surface area contributed by atoms with Crippen molar-refractivity contribution in [2.45, 2.75) is 51.7 Å². The van der Waals surface area contributed by atoms with Crippen LogP contribution in [0.5, 0.6) is 5.75 Å². The number of hydrogen-bond donors (Lipinski definition) is 1. The first-order valence-electron chi connectivity index (χ1n) is 8.82. The van der Waals surface area contributed by atoms with E-state index in [9.17, 15) is 13.6 Å². The molecule has 0 spiro atoms. The highest BCUT2D eigenvalue weighted by molar-refractivity contribution is 5.90. The summed E-state index contributed by atoms with van der Waals surface area (Å²) in [6.07, 6.45) is 4.46. The van der Waals surface area contributed by atoms with E-state index in [1.165, 1.54) is 35.9 Å². The number of carbonyl (C=O) groups excluding carboxylic acids is 1. The van der Waals surface area contributed by atoms with Crippen molar-refractivity contribution in [2.24, 2.45) is 0 Å². The van der Waals surface area contributed by atoms with E-state index in [4.69, 9.17) is 4.52 Å². The molecule has 0 atom stereocenters. The lowest BCUT2D eigenvalue weighted by molar-refractivity contribution is -0.0498. The standard InChI is InChI=1S/C18H22F2N4O3/c1-11-9-13(26-17(19)20)7-8-14(11)21-18(25)24(2)10-15-22-16(27-23-15)12-5-3-4-6-12/h7-9,12,17H,3-6,10H2,1-2H3,(H,21,25). The quantitative estimate of drug-likeness (QED) is 0.808. The first-order valence-corrected chi connectivity index (χ1v) is 8.82. The van der Waals surface area contributed by atoms with Crippen LogP contribution in [0.2, 0.25) is 0 Å². The zero-order valence-corrected chi connectivity index (χ0v) is 15.2. The third-order valence-electron chi connectivity index (χ3n) is 4.58. The molecule has 0 aliphatic heterocycles. The van der Waals surface area contributed by atoms with Gasteiger partial charge in [0.1, 0.15) is 5.75 Å². The summed E-state index contributed by atoms with van der Waals surface area (Å²) >= 11 is 0. The van der Waals surface area contributed by atoms with E-state index < -0.39 is 6.61 Å². The van der Waals surface area contributed by atoms with Crippen LogP contribution >= 0.6 is 0 Å². The molecule has 2 amide bonds. The lowest BCUT2D eigenvalue weighted by Gasteiger charge is -2.17. The summed E-state index contributed by atoms with van der Waals surface area (Å²) in [5, 5.41) is 6.68. The fourth-order valence-corrected chi connectivity index (χ4v) is 3.12. The molecule has 1 aromatic heterocycles. The van der Waals surface area contributed by atoms with Gasteiger partial charge in [0.2, 0.25) is 5.89 Å². The maximum absolute atomic E-state index is 12.4. The van der Waals surface area contributed by atoms with Crippen LogP contribution in [0.3, 0.4) is 0 Å². The molecule has 1 aliphatic rings. The Balaban J connectivity index is 1.57. The third-order valence-corrected chi connectivity index (χ3v) is 4.58. The predicted octanol–water partition coefficient (Wildman–Crippen LogP) is 4.30. The molecule has 3 rings (SSSR count). The van der Waals surface area contributed by atoms with Crippen molar-refractivity contribution in [3.63, 3.8) is 0 Å². The largest absolute Gasteiger partial charge is 0.435 e. The highest BCUT2D eigenvalue weighted by Crippen LogP contribution is 2.33. The van der Waals surface area contributed by atoms with Gasteiger partial charge in [0, 0.05) is 18.7 Å². The molecule has 1 N–H and O–H groups in total. The number of nitrogens with one attached hydrogen (secondary N) is 1. The number of urea groups is 1. The number of aromatic nitrogens is 2. The molecule has 1 aliphatic carbocycles. The number of aryl methyl sites for hydroxylation is 1. The monoisotopic (exact) mass is 380 g/mol. The molecule has 1 fully saturated rings. The number of halogens is 2. The van der Waals surface area contributed by atoms with Gasteiger partial charge in [-0.15, -0.1) is 0 Å². The summed E-state index contributed by atoms with van der Waals surface area (Å²) < 4.78 is 34.2. The molecule has 27 heavy (non-hydrogen) atoms. The maximum atomic E-state index is 12.4.